The van der Waals surface area contributed by atoms with E-state index in [4.69, 9.17) is 21.2 Å². The number of ketones is 1. The van der Waals surface area contributed by atoms with Gasteiger partial charge in [-0.05, 0) is 184 Å². The number of ether oxygens (including phenoxy) is 1. The maximum atomic E-state index is 14.1. The second-order valence-corrected chi connectivity index (χ2v) is 26.3. The van der Waals surface area contributed by atoms with E-state index in [1.54, 1.807) is 28.8 Å². The molecule has 20 heteroatoms. The van der Waals surface area contributed by atoms with Crippen LogP contribution in [-0.4, -0.2) is 152 Å². The highest BCUT2D eigenvalue weighted by atomic mass is 35.5. The summed E-state index contributed by atoms with van der Waals surface area (Å²) in [6.45, 7) is 12.0. The molecule has 5 aromatic carbocycles. The first kappa shape index (κ1) is 62.7. The van der Waals surface area contributed by atoms with E-state index in [-0.39, 0.29) is 47.3 Å². The number of benzene rings is 5. The van der Waals surface area contributed by atoms with Crippen LogP contribution in [0, 0.1) is 11.8 Å². The minimum Gasteiger partial charge on any atom is -0.380 e. The number of aryl methyl sites for hydroxylation is 1. The molecule has 4 saturated heterocycles. The van der Waals surface area contributed by atoms with E-state index >= 15 is 0 Å². The van der Waals surface area contributed by atoms with E-state index in [2.05, 4.69) is 58.8 Å². The number of carbonyl (C=O) groups excluding carboxylic acids is 4. The number of hydrogen-bond acceptors (Lipinski definition) is 14. The van der Waals surface area contributed by atoms with Crippen LogP contribution in [0.5, 0.6) is 5.75 Å². The van der Waals surface area contributed by atoms with Crippen LogP contribution < -0.4 is 20.4 Å². The van der Waals surface area contributed by atoms with Crippen molar-refractivity contribution in [2.45, 2.75) is 99.7 Å². The third-order valence-corrected chi connectivity index (χ3v) is 19.8. The highest BCUT2D eigenvalue weighted by Gasteiger charge is 2.39. The second-order valence-electron chi connectivity index (χ2n) is 24.0. The summed E-state index contributed by atoms with van der Waals surface area (Å²) < 4.78 is 50.2. The Labute approximate surface area is 522 Å². The average Bonchev–Trinajstić information content (AvgIpc) is 3.14. The first-order chi connectivity index (χ1) is 42.2. The van der Waals surface area contributed by atoms with E-state index in [1.807, 2.05) is 72.8 Å². The molecular weight excluding hydrogens is 1170 g/mol. The van der Waals surface area contributed by atoms with Crippen LogP contribution >= 0.6 is 35.4 Å². The molecule has 5 aliphatic heterocycles. The Hall–Kier alpha value is -5.90. The molecule has 2 N–H and O–H groups in total. The number of piperidine rings is 2. The van der Waals surface area contributed by atoms with Gasteiger partial charge in [-0.25, -0.2) is 0 Å². The number of fused-ring (bicyclic) bond motifs is 1. The van der Waals surface area contributed by atoms with Gasteiger partial charge >= 0.3 is 5.51 Å². The fourth-order valence-electron chi connectivity index (χ4n) is 13.2. The summed E-state index contributed by atoms with van der Waals surface area (Å²) in [5.74, 6) is 0.773. The third kappa shape index (κ3) is 17.1. The molecule has 5 heterocycles. The fraction of sp³-hybridized carbons (Fsp3) is 0.463. The SMILES string of the molecule is O=C1CCC(N2Cc3cc(CCC4CCN(CC5CCC(c6ccc(Cl)cc6)=C(CN6CCN(c7ccc(C(=O)c8ccc(NC(CCN9CCCOCC9)CSc9ccccc9)c(OOSC(F)(F)F)c8)cc7)CC6)C5)CC4)ccc3C2=O)C(=O)N1. The molecule has 0 radical (unpaired) electrons. The number of rotatable bonds is 23. The van der Waals surface area contributed by atoms with Crippen LogP contribution in [-0.2, 0) is 31.6 Å². The number of anilines is 2. The molecule has 0 bridgehead atoms. The van der Waals surface area contributed by atoms with E-state index < -0.39 is 23.6 Å². The molecule has 87 heavy (non-hydrogen) atoms. The zero-order valence-corrected chi connectivity index (χ0v) is 51.5. The van der Waals surface area contributed by atoms with Gasteiger partial charge in [-0.2, -0.15) is 13.2 Å². The molecular formula is C67H77ClF3N7O7S2. The predicted molar refractivity (Wildman–Crippen MR) is 337 cm³/mol. The number of likely N-dealkylation sites (tertiary alicyclic amines) is 1. The summed E-state index contributed by atoms with van der Waals surface area (Å²) in [6, 6.07) is 36.1. The van der Waals surface area contributed by atoms with Gasteiger partial charge in [-0.1, -0.05) is 59.6 Å². The number of imide groups is 1. The van der Waals surface area contributed by atoms with Crippen LogP contribution in [0.25, 0.3) is 5.57 Å². The number of piperazine rings is 1. The number of alkyl halides is 3. The minimum atomic E-state index is -4.70. The molecule has 14 nitrogen and oxygen atoms in total. The smallest absolute Gasteiger partial charge is 0.380 e. The van der Waals surface area contributed by atoms with Gasteiger partial charge in [0.05, 0.1) is 12.3 Å². The molecule has 6 aliphatic rings. The molecule has 5 aromatic rings. The van der Waals surface area contributed by atoms with E-state index in [0.29, 0.717) is 54.0 Å². The Morgan fingerprint density at radius 3 is 2.33 bits per heavy atom. The zero-order chi connectivity index (χ0) is 60.3. The molecule has 3 amide bonds. The van der Waals surface area contributed by atoms with Gasteiger partial charge in [0.1, 0.15) is 6.04 Å². The van der Waals surface area contributed by atoms with Gasteiger partial charge in [-0.15, -0.1) is 16.1 Å². The molecule has 1 aliphatic carbocycles. The number of carbonyl (C=O) groups is 4. The Morgan fingerprint density at radius 1 is 0.782 bits per heavy atom. The summed E-state index contributed by atoms with van der Waals surface area (Å²) in [7, 11) is 0. The van der Waals surface area contributed by atoms with Crippen molar-refractivity contribution in [3.8, 4) is 5.75 Å². The number of thioether (sulfide) groups is 1. The van der Waals surface area contributed by atoms with Gasteiger partial charge in [-0.3, -0.25) is 29.4 Å². The van der Waals surface area contributed by atoms with E-state index in [9.17, 15) is 32.3 Å². The molecule has 0 spiro atoms. The van der Waals surface area contributed by atoms with Crippen molar-refractivity contribution < 1.29 is 46.3 Å². The summed E-state index contributed by atoms with van der Waals surface area (Å²) >= 11 is 7.33. The van der Waals surface area contributed by atoms with Crippen LogP contribution in [0.3, 0.4) is 0 Å². The molecule has 11 rings (SSSR count). The van der Waals surface area contributed by atoms with Crippen LogP contribution in [0.2, 0.25) is 5.02 Å². The normalized spacial score (nSPS) is 20.8. The number of halogens is 4. The maximum absolute atomic E-state index is 14.1. The predicted octanol–water partition coefficient (Wildman–Crippen LogP) is 12.2. The number of nitrogens with one attached hydrogen (secondary N) is 2. The molecule has 4 fully saturated rings. The van der Waals surface area contributed by atoms with Crippen LogP contribution in [0.4, 0.5) is 24.5 Å². The lowest BCUT2D eigenvalue weighted by Crippen LogP contribution is -2.52. The Bertz CT molecular complexity index is 3210. The minimum absolute atomic E-state index is 0.0206. The monoisotopic (exact) mass is 1250 g/mol. The lowest BCUT2D eigenvalue weighted by Gasteiger charge is -2.39. The van der Waals surface area contributed by atoms with E-state index in [1.165, 1.54) is 41.2 Å². The van der Waals surface area contributed by atoms with Gasteiger partial charge in [0.15, 0.2) is 23.6 Å². The van der Waals surface area contributed by atoms with Crippen molar-refractivity contribution in [2.75, 3.05) is 101 Å². The molecule has 0 aromatic heterocycles. The summed E-state index contributed by atoms with van der Waals surface area (Å²) in [4.78, 5) is 69.7. The van der Waals surface area contributed by atoms with E-state index in [0.717, 1.165) is 145 Å². The molecule has 3 atom stereocenters. The van der Waals surface area contributed by atoms with Crippen molar-refractivity contribution >= 4 is 75.9 Å². The number of hydrogen-bond donors (Lipinski definition) is 2. The standard InChI is InChI=1S/C67H77ClF3N7O7S2/c68-54-16-11-49(12-17-54)58-20-10-48(42-75-29-25-46(26-30-75)7-8-47-9-21-59-53(39-47)44-78(66(59)82)61-23-24-63(79)73-65(61)81)40-52(58)43-76-32-34-77(35-33-76)56-18-13-50(14-19-56)64(80)51-15-22-60(62(41-51)84-85-87-67(69,70)71)72-55(45-86-57-5-2-1-3-6-57)27-31-74-28-4-37-83-38-36-74/h1-3,5-6,9,11-19,21-22,39,41,46,48,55,61,72H,4,7-8,10,20,23-38,40,42-45H2,(H,73,79,81). The largest absolute Gasteiger partial charge is 0.471 e. The summed E-state index contributed by atoms with van der Waals surface area (Å²) in [6.07, 6.45) is 9.94. The molecule has 0 saturated carbocycles. The zero-order valence-electron chi connectivity index (χ0n) is 49.1. The number of nitrogens with zero attached hydrogens (tertiary/aromatic N) is 5. The highest BCUT2D eigenvalue weighted by Crippen LogP contribution is 2.39. The molecule has 462 valence electrons. The van der Waals surface area contributed by atoms with Gasteiger partial charge < -0.3 is 34.5 Å². The van der Waals surface area contributed by atoms with Gasteiger partial charge in [0.2, 0.25) is 11.8 Å². The van der Waals surface area contributed by atoms with Crippen molar-refractivity contribution in [1.82, 2.24) is 24.9 Å². The van der Waals surface area contributed by atoms with Crippen LogP contribution in [0.15, 0.2) is 126 Å². The van der Waals surface area contributed by atoms with Gasteiger partial charge in [0, 0.05) is 123 Å². The van der Waals surface area contributed by atoms with Gasteiger partial charge in [0.25, 0.3) is 5.91 Å². The van der Waals surface area contributed by atoms with Crippen molar-refractivity contribution in [3.05, 3.63) is 159 Å². The first-order valence-electron chi connectivity index (χ1n) is 30.8. The number of amides is 3. The Balaban J connectivity index is 0.676. The van der Waals surface area contributed by atoms with Crippen molar-refractivity contribution in [1.29, 1.82) is 0 Å². The van der Waals surface area contributed by atoms with Crippen molar-refractivity contribution in [3.63, 3.8) is 0 Å². The lowest BCUT2D eigenvalue weighted by molar-refractivity contribution is -0.136. The lowest BCUT2D eigenvalue weighted by atomic mass is 9.80. The first-order valence-corrected chi connectivity index (χ1v) is 32.9. The fourth-order valence-corrected chi connectivity index (χ4v) is 14.6. The highest BCUT2D eigenvalue weighted by molar-refractivity contribution is 7.99. The Kier molecular flexibility index (Phi) is 21.3. The van der Waals surface area contributed by atoms with Crippen molar-refractivity contribution in [2.24, 2.45) is 11.8 Å². The quantitative estimate of drug-likeness (QED) is 0.0160. The summed E-state index contributed by atoms with van der Waals surface area (Å²) in [5.41, 5.74) is 4.49. The Morgan fingerprint density at radius 2 is 1.56 bits per heavy atom. The average molecular weight is 1250 g/mol. The second kappa shape index (κ2) is 29.6. The summed E-state index contributed by atoms with van der Waals surface area (Å²) in [5, 5.41) is 6.65. The molecule has 3 unspecified atom stereocenters. The third-order valence-electron chi connectivity index (χ3n) is 18.1. The maximum Gasteiger partial charge on any atom is 0.471 e. The topological polar surface area (TPSA) is 136 Å². The number of allylic oxidation sites excluding steroid dienone is 1. The van der Waals surface area contributed by atoms with Crippen LogP contribution in [0.1, 0.15) is 107 Å².